The number of hydrazone groups is 1. The van der Waals surface area contributed by atoms with Crippen molar-refractivity contribution in [3.63, 3.8) is 0 Å². The minimum Gasteiger partial charge on any atom is -0.497 e. The van der Waals surface area contributed by atoms with Crippen LogP contribution in [0, 0.1) is 6.92 Å². The van der Waals surface area contributed by atoms with E-state index in [9.17, 15) is 18.0 Å². The molecule has 0 radical (unpaired) electrons. The van der Waals surface area contributed by atoms with Crippen molar-refractivity contribution in [2.24, 2.45) is 5.10 Å². The predicted molar refractivity (Wildman–Crippen MR) is 97.5 cm³/mol. The molecule has 0 bridgehead atoms. The summed E-state index contributed by atoms with van der Waals surface area (Å²) < 4.78 is 49.9. The van der Waals surface area contributed by atoms with Gasteiger partial charge in [-0.1, -0.05) is 29.8 Å². The fraction of sp³-hybridized carbons (Fsp3) is 0.300. The van der Waals surface area contributed by atoms with Crippen molar-refractivity contribution in [1.82, 2.24) is 5.01 Å². The van der Waals surface area contributed by atoms with Gasteiger partial charge in [0.05, 0.1) is 26.0 Å². The van der Waals surface area contributed by atoms with Crippen LogP contribution >= 0.6 is 0 Å². The molecule has 5 nitrogen and oxygen atoms in total. The summed E-state index contributed by atoms with van der Waals surface area (Å²) in [4.78, 5) is 12.0. The molecule has 8 heteroatoms. The molecule has 1 amide bonds. The van der Waals surface area contributed by atoms with Crippen molar-refractivity contribution in [2.75, 3.05) is 14.2 Å². The Morgan fingerprint density at radius 2 is 1.79 bits per heavy atom. The van der Waals surface area contributed by atoms with Crippen LogP contribution in [0.25, 0.3) is 0 Å². The van der Waals surface area contributed by atoms with Crippen molar-refractivity contribution in [1.29, 1.82) is 0 Å². The topological polar surface area (TPSA) is 51.1 Å². The third kappa shape index (κ3) is 3.81. The summed E-state index contributed by atoms with van der Waals surface area (Å²) in [5.74, 6) is -1.07. The molecule has 148 valence electrons. The van der Waals surface area contributed by atoms with Gasteiger partial charge < -0.3 is 9.47 Å². The lowest BCUT2D eigenvalue weighted by Crippen LogP contribution is -2.38. The first-order chi connectivity index (χ1) is 13.2. The van der Waals surface area contributed by atoms with Crippen molar-refractivity contribution in [3.05, 3.63) is 59.2 Å². The van der Waals surface area contributed by atoms with Gasteiger partial charge >= 0.3 is 12.1 Å². The molecule has 2 aromatic rings. The molecule has 28 heavy (non-hydrogen) atoms. The fourth-order valence-electron chi connectivity index (χ4n) is 3.08. The number of carbonyl (C=O) groups excluding carboxylic acids is 1. The second-order valence-electron chi connectivity index (χ2n) is 6.39. The summed E-state index contributed by atoms with van der Waals surface area (Å²) in [7, 11) is 2.94. The number of ether oxygens (including phenoxy) is 2. The van der Waals surface area contributed by atoms with Crippen molar-refractivity contribution < 1.29 is 27.4 Å². The maximum Gasteiger partial charge on any atom is 0.473 e. The Balaban J connectivity index is 2.06. The van der Waals surface area contributed by atoms with Crippen LogP contribution in [-0.4, -0.2) is 37.0 Å². The van der Waals surface area contributed by atoms with Crippen LogP contribution in [-0.2, 0) is 4.79 Å². The van der Waals surface area contributed by atoms with E-state index in [0.29, 0.717) is 33.3 Å². The van der Waals surface area contributed by atoms with Crippen LogP contribution in [0.3, 0.4) is 0 Å². The van der Waals surface area contributed by atoms with Gasteiger partial charge in [0, 0.05) is 12.0 Å². The molecule has 1 unspecified atom stereocenters. The number of carbonyl (C=O) groups is 1. The number of amides is 1. The minimum atomic E-state index is -5.03. The number of alkyl halides is 3. The predicted octanol–water partition coefficient (Wildman–Crippen LogP) is 4.25. The lowest BCUT2D eigenvalue weighted by molar-refractivity contribution is -0.187. The number of methoxy groups -OCH3 is 2. The third-order valence-corrected chi connectivity index (χ3v) is 4.54. The number of rotatable bonds is 4. The first-order valence-electron chi connectivity index (χ1n) is 8.51. The Kier molecular flexibility index (Phi) is 5.31. The molecule has 0 spiro atoms. The number of aryl methyl sites for hydroxylation is 1. The van der Waals surface area contributed by atoms with Crippen LogP contribution in [0.1, 0.15) is 29.2 Å². The number of hydrogen-bond donors (Lipinski definition) is 0. The van der Waals surface area contributed by atoms with Gasteiger partial charge in [0.15, 0.2) is 0 Å². The van der Waals surface area contributed by atoms with E-state index in [-0.39, 0.29) is 6.42 Å². The molecule has 0 N–H and O–H groups in total. The van der Waals surface area contributed by atoms with E-state index < -0.39 is 18.1 Å². The first kappa shape index (κ1) is 19.7. The zero-order chi connectivity index (χ0) is 20.5. The van der Waals surface area contributed by atoms with E-state index >= 15 is 0 Å². The summed E-state index contributed by atoms with van der Waals surface area (Å²) in [5, 5.41) is 4.55. The Hall–Kier alpha value is -3.03. The second-order valence-corrected chi connectivity index (χ2v) is 6.39. The van der Waals surface area contributed by atoms with Gasteiger partial charge in [-0.15, -0.1) is 0 Å². The van der Waals surface area contributed by atoms with E-state index in [1.807, 2.05) is 6.92 Å². The number of halogens is 3. The first-order valence-corrected chi connectivity index (χ1v) is 8.51. The van der Waals surface area contributed by atoms with Crippen molar-refractivity contribution in [2.45, 2.75) is 25.6 Å². The van der Waals surface area contributed by atoms with Crippen LogP contribution < -0.4 is 9.47 Å². The molecule has 0 aromatic heterocycles. The largest absolute Gasteiger partial charge is 0.497 e. The summed E-state index contributed by atoms with van der Waals surface area (Å²) >= 11 is 0. The molecule has 0 saturated heterocycles. The molecule has 1 atom stereocenters. The monoisotopic (exact) mass is 392 g/mol. The standard InChI is InChI=1S/C20H19F3N2O3/c1-12-4-6-13(7-5-12)17-11-16(24-25(17)19(26)20(21,22)23)15-10-14(27-2)8-9-18(15)28-3/h4-10,17H,11H2,1-3H3. The lowest BCUT2D eigenvalue weighted by Gasteiger charge is -2.23. The molecule has 0 fully saturated rings. The zero-order valence-electron chi connectivity index (χ0n) is 15.6. The van der Waals surface area contributed by atoms with Gasteiger partial charge in [-0.25, -0.2) is 5.01 Å². The molecule has 2 aromatic carbocycles. The summed E-state index contributed by atoms with van der Waals surface area (Å²) in [6, 6.07) is 11.1. The van der Waals surface area contributed by atoms with Gasteiger partial charge in [-0.3, -0.25) is 4.79 Å². The van der Waals surface area contributed by atoms with Gasteiger partial charge in [0.25, 0.3) is 0 Å². The van der Waals surface area contributed by atoms with Crippen molar-refractivity contribution in [3.8, 4) is 11.5 Å². The van der Waals surface area contributed by atoms with Gasteiger partial charge in [0.2, 0.25) is 0 Å². The third-order valence-electron chi connectivity index (χ3n) is 4.54. The maximum atomic E-state index is 13.1. The van der Waals surface area contributed by atoms with E-state index in [0.717, 1.165) is 5.56 Å². The Morgan fingerprint density at radius 3 is 2.36 bits per heavy atom. The molecule has 1 aliphatic rings. The molecular formula is C20H19F3N2O3. The van der Waals surface area contributed by atoms with Gasteiger partial charge in [-0.05, 0) is 30.7 Å². The van der Waals surface area contributed by atoms with E-state index in [1.54, 1.807) is 42.5 Å². The fourth-order valence-corrected chi connectivity index (χ4v) is 3.08. The van der Waals surface area contributed by atoms with E-state index in [1.165, 1.54) is 14.2 Å². The molecular weight excluding hydrogens is 373 g/mol. The zero-order valence-corrected chi connectivity index (χ0v) is 15.6. The molecule has 0 aliphatic carbocycles. The molecule has 0 saturated carbocycles. The number of hydrogen-bond acceptors (Lipinski definition) is 4. The summed E-state index contributed by atoms with van der Waals surface area (Å²) in [6.07, 6.45) is -4.91. The Labute approximate surface area is 160 Å². The maximum absolute atomic E-state index is 13.1. The normalized spacial score (nSPS) is 16.7. The Bertz CT molecular complexity index is 908. The average Bonchev–Trinajstić information content (AvgIpc) is 3.11. The highest BCUT2D eigenvalue weighted by Gasteiger charge is 2.47. The van der Waals surface area contributed by atoms with E-state index in [4.69, 9.17) is 9.47 Å². The van der Waals surface area contributed by atoms with Crippen LogP contribution in [0.4, 0.5) is 13.2 Å². The second kappa shape index (κ2) is 7.53. The van der Waals surface area contributed by atoms with Gasteiger partial charge in [-0.2, -0.15) is 18.3 Å². The highest BCUT2D eigenvalue weighted by molar-refractivity contribution is 6.05. The minimum absolute atomic E-state index is 0.119. The quantitative estimate of drug-likeness (QED) is 0.782. The lowest BCUT2D eigenvalue weighted by atomic mass is 9.97. The average molecular weight is 392 g/mol. The van der Waals surface area contributed by atoms with Gasteiger partial charge in [0.1, 0.15) is 11.5 Å². The molecule has 1 heterocycles. The highest BCUT2D eigenvalue weighted by atomic mass is 19.4. The smallest absolute Gasteiger partial charge is 0.473 e. The summed E-state index contributed by atoms with van der Waals surface area (Å²) in [6.45, 7) is 1.88. The molecule has 1 aliphatic heterocycles. The van der Waals surface area contributed by atoms with Crippen LogP contribution in [0.5, 0.6) is 11.5 Å². The molecule has 3 rings (SSSR count). The van der Waals surface area contributed by atoms with Crippen LogP contribution in [0.2, 0.25) is 0 Å². The SMILES string of the molecule is COc1ccc(OC)c(C2=NN(C(=O)C(F)(F)F)C(c3ccc(C)cc3)C2)c1. The summed E-state index contributed by atoms with van der Waals surface area (Å²) in [5.41, 5.74) is 2.34. The van der Waals surface area contributed by atoms with Crippen LogP contribution in [0.15, 0.2) is 47.6 Å². The highest BCUT2D eigenvalue weighted by Crippen LogP contribution is 2.38. The van der Waals surface area contributed by atoms with Crippen molar-refractivity contribution >= 4 is 11.6 Å². The Morgan fingerprint density at radius 1 is 1.11 bits per heavy atom. The van der Waals surface area contributed by atoms with E-state index in [2.05, 4.69) is 5.10 Å². The number of benzene rings is 2. The number of nitrogens with zero attached hydrogens (tertiary/aromatic N) is 2.